The Bertz CT molecular complexity index is 348. The summed E-state index contributed by atoms with van der Waals surface area (Å²) in [6.07, 6.45) is -3.34. The van der Waals surface area contributed by atoms with Gasteiger partial charge in [0.2, 0.25) is 0 Å². The van der Waals surface area contributed by atoms with Gasteiger partial charge in [-0.15, -0.1) is 0 Å². The van der Waals surface area contributed by atoms with Gasteiger partial charge in [0.05, 0.1) is 6.42 Å². The molecule has 18 heavy (non-hydrogen) atoms. The molecular weight excluding hydrogens is 243 g/mol. The molecule has 1 unspecified atom stereocenters. The van der Waals surface area contributed by atoms with Gasteiger partial charge in [-0.1, -0.05) is 12.1 Å². The second kappa shape index (κ2) is 6.64. The van der Waals surface area contributed by atoms with E-state index >= 15 is 0 Å². The van der Waals surface area contributed by atoms with Crippen molar-refractivity contribution in [2.75, 3.05) is 6.54 Å². The summed E-state index contributed by atoms with van der Waals surface area (Å²) in [6.45, 7) is 1.83. The second-order valence-electron chi connectivity index (χ2n) is 4.43. The molecule has 102 valence electrons. The third kappa shape index (κ3) is 6.49. The van der Waals surface area contributed by atoms with Crippen LogP contribution in [-0.2, 0) is 6.42 Å². The van der Waals surface area contributed by atoms with Crippen LogP contribution in [0.1, 0.15) is 25.3 Å². The largest absolute Gasteiger partial charge is 0.508 e. The Morgan fingerprint density at radius 2 is 1.83 bits per heavy atom. The summed E-state index contributed by atoms with van der Waals surface area (Å²) in [5.41, 5.74) is 1.07. The normalized spacial score (nSPS) is 13.6. The number of phenols is 1. The quantitative estimate of drug-likeness (QED) is 0.823. The molecule has 0 bridgehead atoms. The smallest absolute Gasteiger partial charge is 0.390 e. The Hall–Kier alpha value is -1.23. The average molecular weight is 261 g/mol. The molecule has 2 N–H and O–H groups in total. The van der Waals surface area contributed by atoms with Crippen molar-refractivity contribution in [1.82, 2.24) is 5.32 Å². The molecule has 0 fully saturated rings. The van der Waals surface area contributed by atoms with Crippen LogP contribution in [0.3, 0.4) is 0 Å². The van der Waals surface area contributed by atoms with Crippen LogP contribution in [0, 0.1) is 0 Å². The third-order valence-electron chi connectivity index (χ3n) is 2.70. The van der Waals surface area contributed by atoms with Gasteiger partial charge in [0, 0.05) is 12.6 Å². The van der Waals surface area contributed by atoms with Crippen molar-refractivity contribution in [2.45, 2.75) is 38.4 Å². The number of alkyl halides is 3. The van der Waals surface area contributed by atoms with Crippen LogP contribution in [0.15, 0.2) is 24.3 Å². The topological polar surface area (TPSA) is 32.3 Å². The van der Waals surface area contributed by atoms with Crippen LogP contribution in [0.5, 0.6) is 5.75 Å². The maximum Gasteiger partial charge on any atom is 0.390 e. The fourth-order valence-electron chi connectivity index (χ4n) is 1.61. The Labute approximate surface area is 105 Å². The van der Waals surface area contributed by atoms with E-state index in [4.69, 9.17) is 5.11 Å². The number of benzene rings is 1. The lowest BCUT2D eigenvalue weighted by atomic mass is 10.1. The van der Waals surface area contributed by atoms with Crippen molar-refractivity contribution in [1.29, 1.82) is 0 Å². The van der Waals surface area contributed by atoms with Gasteiger partial charge in [0.1, 0.15) is 5.75 Å². The van der Waals surface area contributed by atoms with Gasteiger partial charge in [0.15, 0.2) is 0 Å². The highest BCUT2D eigenvalue weighted by atomic mass is 19.4. The van der Waals surface area contributed by atoms with Gasteiger partial charge in [-0.05, 0) is 37.5 Å². The lowest BCUT2D eigenvalue weighted by Crippen LogP contribution is -2.30. The van der Waals surface area contributed by atoms with Gasteiger partial charge in [-0.2, -0.15) is 13.2 Å². The zero-order valence-corrected chi connectivity index (χ0v) is 10.3. The molecule has 0 aliphatic heterocycles. The molecule has 0 saturated heterocycles. The van der Waals surface area contributed by atoms with Crippen LogP contribution in [0.2, 0.25) is 0 Å². The predicted molar refractivity (Wildman–Crippen MR) is 64.6 cm³/mol. The first-order valence-corrected chi connectivity index (χ1v) is 5.95. The van der Waals surface area contributed by atoms with Crippen LogP contribution < -0.4 is 5.32 Å². The average Bonchev–Trinajstić information content (AvgIpc) is 2.26. The van der Waals surface area contributed by atoms with Crippen molar-refractivity contribution in [3.63, 3.8) is 0 Å². The van der Waals surface area contributed by atoms with Crippen molar-refractivity contribution >= 4 is 0 Å². The van der Waals surface area contributed by atoms with E-state index in [1.165, 1.54) is 0 Å². The van der Waals surface area contributed by atoms with Gasteiger partial charge < -0.3 is 10.4 Å². The summed E-state index contributed by atoms with van der Waals surface area (Å²) < 4.78 is 35.8. The van der Waals surface area contributed by atoms with Crippen LogP contribution in [0.25, 0.3) is 0 Å². The number of nitrogens with one attached hydrogen (secondary N) is 1. The number of hydrogen-bond acceptors (Lipinski definition) is 2. The molecule has 0 radical (unpaired) electrons. The highest BCUT2D eigenvalue weighted by molar-refractivity contribution is 5.25. The van der Waals surface area contributed by atoms with Crippen LogP contribution in [-0.4, -0.2) is 23.9 Å². The molecule has 0 spiro atoms. The standard InChI is InChI=1S/C13H18F3NO/c1-10(17-9-8-13(14,15)16)2-3-11-4-6-12(18)7-5-11/h4-7,10,17-18H,2-3,8-9H2,1H3. The molecule has 0 heterocycles. The number of rotatable bonds is 6. The summed E-state index contributed by atoms with van der Waals surface area (Å²) in [6, 6.07) is 6.89. The van der Waals surface area contributed by atoms with Crippen molar-refractivity contribution in [3.05, 3.63) is 29.8 Å². The maximum atomic E-state index is 11.9. The van der Waals surface area contributed by atoms with Gasteiger partial charge >= 0.3 is 6.18 Å². The minimum atomic E-state index is -4.09. The number of aryl methyl sites for hydroxylation is 1. The monoisotopic (exact) mass is 261 g/mol. The van der Waals surface area contributed by atoms with Crippen LogP contribution in [0.4, 0.5) is 13.2 Å². The van der Waals surface area contributed by atoms with Gasteiger partial charge in [0.25, 0.3) is 0 Å². The van der Waals surface area contributed by atoms with Crippen LogP contribution >= 0.6 is 0 Å². The van der Waals surface area contributed by atoms with Gasteiger partial charge in [-0.25, -0.2) is 0 Å². The fraction of sp³-hybridized carbons (Fsp3) is 0.538. The molecule has 0 aliphatic rings. The number of phenolic OH excluding ortho intramolecular Hbond substituents is 1. The Balaban J connectivity index is 2.21. The van der Waals surface area contributed by atoms with E-state index < -0.39 is 12.6 Å². The molecule has 0 aromatic heterocycles. The molecule has 1 rings (SSSR count). The Kier molecular flexibility index (Phi) is 5.47. The molecule has 0 saturated carbocycles. The van der Waals surface area contributed by atoms with E-state index in [0.717, 1.165) is 18.4 Å². The van der Waals surface area contributed by atoms with E-state index in [-0.39, 0.29) is 18.3 Å². The Morgan fingerprint density at radius 1 is 1.22 bits per heavy atom. The van der Waals surface area contributed by atoms with Crippen molar-refractivity contribution in [3.8, 4) is 5.75 Å². The SMILES string of the molecule is CC(CCc1ccc(O)cc1)NCCC(F)(F)F. The first-order valence-electron chi connectivity index (χ1n) is 5.95. The number of halogens is 3. The van der Waals surface area contributed by atoms with E-state index in [9.17, 15) is 13.2 Å². The van der Waals surface area contributed by atoms with E-state index in [0.29, 0.717) is 0 Å². The molecule has 1 aromatic carbocycles. The van der Waals surface area contributed by atoms with E-state index in [2.05, 4.69) is 5.32 Å². The second-order valence-corrected chi connectivity index (χ2v) is 4.43. The number of aromatic hydroxyl groups is 1. The Morgan fingerprint density at radius 3 is 2.39 bits per heavy atom. The third-order valence-corrected chi connectivity index (χ3v) is 2.70. The summed E-state index contributed by atoms with van der Waals surface area (Å²) in [5.74, 6) is 0.218. The van der Waals surface area contributed by atoms with Crippen molar-refractivity contribution in [2.24, 2.45) is 0 Å². The minimum absolute atomic E-state index is 0.0414. The first-order chi connectivity index (χ1) is 8.37. The van der Waals surface area contributed by atoms with Crippen molar-refractivity contribution < 1.29 is 18.3 Å². The lowest BCUT2D eigenvalue weighted by Gasteiger charge is -2.14. The molecule has 2 nitrogen and oxygen atoms in total. The summed E-state index contributed by atoms with van der Waals surface area (Å²) in [5, 5.41) is 12.0. The highest BCUT2D eigenvalue weighted by Gasteiger charge is 2.26. The fourth-order valence-corrected chi connectivity index (χ4v) is 1.61. The zero-order chi connectivity index (χ0) is 13.6. The molecule has 0 amide bonds. The minimum Gasteiger partial charge on any atom is -0.508 e. The predicted octanol–water partition coefficient (Wildman–Crippen LogP) is 3.26. The molecule has 0 aliphatic carbocycles. The highest BCUT2D eigenvalue weighted by Crippen LogP contribution is 2.18. The lowest BCUT2D eigenvalue weighted by molar-refractivity contribution is -0.133. The summed E-state index contributed by atoms with van der Waals surface area (Å²) in [7, 11) is 0. The first kappa shape index (κ1) is 14.8. The van der Waals surface area contributed by atoms with E-state index in [1.54, 1.807) is 12.1 Å². The van der Waals surface area contributed by atoms with Gasteiger partial charge in [-0.3, -0.25) is 0 Å². The van der Waals surface area contributed by atoms with E-state index in [1.807, 2.05) is 19.1 Å². The molecule has 1 aromatic rings. The maximum absolute atomic E-state index is 11.9. The number of hydrogen-bond donors (Lipinski definition) is 2. The summed E-state index contributed by atoms with van der Waals surface area (Å²) in [4.78, 5) is 0. The molecular formula is C13H18F3NO. The molecule has 5 heteroatoms. The zero-order valence-electron chi connectivity index (χ0n) is 10.3. The summed E-state index contributed by atoms with van der Waals surface area (Å²) >= 11 is 0. The molecule has 1 atom stereocenters.